The molecule has 0 aliphatic rings. The van der Waals surface area contributed by atoms with Crippen molar-refractivity contribution in [3.05, 3.63) is 200 Å². The fourth-order valence-electron chi connectivity index (χ4n) is 7.36. The van der Waals surface area contributed by atoms with Crippen LogP contribution in [0, 0.1) is 0 Å². The van der Waals surface area contributed by atoms with Gasteiger partial charge in [0.25, 0.3) is 0 Å². The topological polar surface area (TPSA) is 38.7 Å². The molecule has 7 aromatic carbocycles. The van der Waals surface area contributed by atoms with Crippen LogP contribution in [0.2, 0.25) is 0 Å². The number of benzene rings is 7. The highest BCUT2D eigenvalue weighted by Gasteiger charge is 2.17. The summed E-state index contributed by atoms with van der Waals surface area (Å²) in [5.41, 5.74) is 14.0. The number of nitrogens with zero attached hydrogens (tertiary/aromatic N) is 3. The normalized spacial score (nSPS) is 11.3. The zero-order valence-electron chi connectivity index (χ0n) is 29.8. The highest BCUT2D eigenvalue weighted by molar-refractivity contribution is 7.25. The summed E-state index contributed by atoms with van der Waals surface area (Å²) >= 11 is 1.72. The summed E-state index contributed by atoms with van der Waals surface area (Å²) < 4.78 is 1.21. The molecule has 0 aliphatic carbocycles. The second-order valence-corrected chi connectivity index (χ2v) is 14.7. The maximum atomic E-state index is 5.24. The number of thiophene rings is 1. The number of pyridine rings is 1. The highest BCUT2D eigenvalue weighted by atomic mass is 32.1. The Morgan fingerprint density at radius 3 is 1.44 bits per heavy atom. The van der Waals surface area contributed by atoms with Crippen molar-refractivity contribution in [2.75, 3.05) is 0 Å². The van der Waals surface area contributed by atoms with Gasteiger partial charge in [0.15, 0.2) is 5.82 Å². The number of hydrogen-bond donors (Lipinski definition) is 0. The lowest BCUT2D eigenvalue weighted by Crippen LogP contribution is -1.94. The third-order valence-corrected chi connectivity index (χ3v) is 11.2. The molecule has 0 saturated carbocycles. The molecule has 55 heavy (non-hydrogen) atoms. The Labute approximate surface area is 323 Å². The average Bonchev–Trinajstić information content (AvgIpc) is 3.66. The van der Waals surface area contributed by atoms with Gasteiger partial charge in [0.1, 0.15) is 4.83 Å². The maximum Gasteiger partial charge on any atom is 0.161 e. The molecule has 258 valence electrons. The number of hydrogen-bond acceptors (Lipinski definition) is 4. The molecule has 3 aromatic heterocycles. The Hall–Kier alpha value is -7.01. The minimum absolute atomic E-state index is 0.738. The molecule has 3 nitrogen and oxygen atoms in total. The van der Waals surface area contributed by atoms with Crippen LogP contribution < -0.4 is 0 Å². The van der Waals surface area contributed by atoms with E-state index in [-0.39, 0.29) is 0 Å². The van der Waals surface area contributed by atoms with Crippen molar-refractivity contribution in [1.82, 2.24) is 15.0 Å². The Balaban J connectivity index is 1.05. The molecule has 4 heteroatoms. The quantitative estimate of drug-likeness (QED) is 0.165. The van der Waals surface area contributed by atoms with Crippen molar-refractivity contribution in [3.8, 4) is 78.5 Å². The van der Waals surface area contributed by atoms with Crippen LogP contribution in [0.5, 0.6) is 0 Å². The van der Waals surface area contributed by atoms with Gasteiger partial charge >= 0.3 is 0 Å². The predicted molar refractivity (Wildman–Crippen MR) is 231 cm³/mol. The molecule has 0 amide bonds. The van der Waals surface area contributed by atoms with Gasteiger partial charge in [-0.25, -0.2) is 15.0 Å². The summed E-state index contributed by atoms with van der Waals surface area (Å²) in [4.78, 5) is 16.5. The smallest absolute Gasteiger partial charge is 0.161 e. The monoisotopic (exact) mass is 719 g/mol. The summed E-state index contributed by atoms with van der Waals surface area (Å²) in [6.45, 7) is 0. The third kappa shape index (κ3) is 6.39. The van der Waals surface area contributed by atoms with Crippen molar-refractivity contribution in [3.63, 3.8) is 0 Å². The summed E-state index contributed by atoms with van der Waals surface area (Å²) in [5.74, 6) is 0.738. The first-order valence-electron chi connectivity index (χ1n) is 18.4. The van der Waals surface area contributed by atoms with Crippen LogP contribution in [0.25, 0.3) is 98.8 Å². The van der Waals surface area contributed by atoms with Gasteiger partial charge in [-0.05, 0) is 69.8 Å². The Kier molecular flexibility index (Phi) is 8.36. The van der Waals surface area contributed by atoms with Crippen LogP contribution in [0.4, 0.5) is 0 Å². The average molecular weight is 720 g/mol. The van der Waals surface area contributed by atoms with E-state index >= 15 is 0 Å². The second-order valence-electron chi connectivity index (χ2n) is 13.6. The molecule has 0 atom stereocenters. The van der Waals surface area contributed by atoms with Crippen molar-refractivity contribution in [2.45, 2.75) is 0 Å². The molecule has 10 rings (SSSR count). The van der Waals surface area contributed by atoms with E-state index in [4.69, 9.17) is 15.0 Å². The SMILES string of the molecule is c1ccc(-c2cc(-c3ccccc3)nc(-c3cccc(-c4cccc(-c5cccc(-c6nc(-c7ccccc7)nc7sc8ccccc8c67)c5)c4)c3)c2)cc1. The summed E-state index contributed by atoms with van der Waals surface area (Å²) in [5, 5.41) is 2.28. The Morgan fingerprint density at radius 1 is 0.309 bits per heavy atom. The van der Waals surface area contributed by atoms with Crippen LogP contribution in [-0.2, 0) is 0 Å². The molecule has 0 N–H and O–H groups in total. The van der Waals surface area contributed by atoms with Crippen molar-refractivity contribution < 1.29 is 0 Å². The minimum Gasteiger partial charge on any atom is -0.248 e. The summed E-state index contributed by atoms with van der Waals surface area (Å²) in [6.07, 6.45) is 0. The number of fused-ring (bicyclic) bond motifs is 3. The van der Waals surface area contributed by atoms with E-state index in [0.717, 1.165) is 83.2 Å². The predicted octanol–water partition coefficient (Wildman–Crippen LogP) is 13.9. The van der Waals surface area contributed by atoms with E-state index in [0.29, 0.717) is 0 Å². The van der Waals surface area contributed by atoms with E-state index in [9.17, 15) is 0 Å². The van der Waals surface area contributed by atoms with Gasteiger partial charge in [0.2, 0.25) is 0 Å². The lowest BCUT2D eigenvalue weighted by Gasteiger charge is -2.12. The molecule has 0 radical (unpaired) electrons. The van der Waals surface area contributed by atoms with Crippen molar-refractivity contribution >= 4 is 31.6 Å². The van der Waals surface area contributed by atoms with Crippen LogP contribution in [0.1, 0.15) is 0 Å². The van der Waals surface area contributed by atoms with Crippen molar-refractivity contribution in [2.24, 2.45) is 0 Å². The second kappa shape index (κ2) is 14.1. The van der Waals surface area contributed by atoms with Gasteiger partial charge < -0.3 is 0 Å². The lowest BCUT2D eigenvalue weighted by atomic mass is 9.95. The molecular formula is C51H33N3S. The fraction of sp³-hybridized carbons (Fsp3) is 0. The van der Waals surface area contributed by atoms with Crippen LogP contribution in [-0.4, -0.2) is 15.0 Å². The lowest BCUT2D eigenvalue weighted by molar-refractivity contribution is 1.24. The van der Waals surface area contributed by atoms with Crippen LogP contribution in [0.3, 0.4) is 0 Å². The van der Waals surface area contributed by atoms with E-state index in [2.05, 4.69) is 176 Å². The largest absolute Gasteiger partial charge is 0.248 e. The molecule has 0 bridgehead atoms. The van der Waals surface area contributed by atoms with Gasteiger partial charge in [-0.3, -0.25) is 0 Å². The van der Waals surface area contributed by atoms with E-state index in [1.165, 1.54) is 15.6 Å². The van der Waals surface area contributed by atoms with Crippen LogP contribution >= 0.6 is 11.3 Å². The summed E-state index contributed by atoms with van der Waals surface area (Å²) in [7, 11) is 0. The molecule has 0 aliphatic heterocycles. The standard InChI is InChI=1S/C51H33N3S/c1-4-15-34(16-5-1)43-32-45(35-17-6-2-7-18-35)52-46(33-43)41-25-13-23-39(30-41)37-21-12-22-38(29-37)40-24-14-26-42(31-40)49-48-44-27-10-11-28-47(44)55-51(48)54-50(53-49)36-19-8-3-9-20-36/h1-33H. The van der Waals surface area contributed by atoms with Gasteiger partial charge in [0, 0.05) is 37.7 Å². The molecule has 0 spiro atoms. The fourth-order valence-corrected chi connectivity index (χ4v) is 8.44. The van der Waals surface area contributed by atoms with Gasteiger partial charge in [-0.2, -0.15) is 0 Å². The zero-order chi connectivity index (χ0) is 36.6. The van der Waals surface area contributed by atoms with E-state index in [1.807, 2.05) is 24.3 Å². The first-order valence-corrected chi connectivity index (χ1v) is 19.2. The zero-order valence-corrected chi connectivity index (χ0v) is 30.6. The van der Waals surface area contributed by atoms with E-state index < -0.39 is 0 Å². The molecule has 0 unspecified atom stereocenters. The maximum absolute atomic E-state index is 5.24. The molecule has 0 saturated heterocycles. The van der Waals surface area contributed by atoms with Crippen LogP contribution in [0.15, 0.2) is 200 Å². The third-order valence-electron chi connectivity index (χ3n) is 10.1. The molecule has 0 fully saturated rings. The van der Waals surface area contributed by atoms with Gasteiger partial charge in [0.05, 0.1) is 17.1 Å². The summed E-state index contributed by atoms with van der Waals surface area (Å²) in [6, 6.07) is 70.4. The molecular weight excluding hydrogens is 687 g/mol. The highest BCUT2D eigenvalue weighted by Crippen LogP contribution is 2.41. The first kappa shape index (κ1) is 32.6. The Morgan fingerprint density at radius 2 is 0.782 bits per heavy atom. The first-order chi connectivity index (χ1) is 27.2. The molecule has 10 aromatic rings. The van der Waals surface area contributed by atoms with Gasteiger partial charge in [-0.15, -0.1) is 11.3 Å². The Bertz CT molecular complexity index is 2910. The number of aromatic nitrogens is 3. The minimum atomic E-state index is 0.738. The molecule has 3 heterocycles. The van der Waals surface area contributed by atoms with Crippen molar-refractivity contribution in [1.29, 1.82) is 0 Å². The number of rotatable bonds is 7. The van der Waals surface area contributed by atoms with Gasteiger partial charge in [-0.1, -0.05) is 164 Å². The van der Waals surface area contributed by atoms with E-state index in [1.54, 1.807) is 11.3 Å².